The monoisotopic (exact) mass is 760 g/mol. The number of benzene rings is 8. The Balaban J connectivity index is 1.32. The molecule has 0 unspecified atom stereocenters. The summed E-state index contributed by atoms with van der Waals surface area (Å²) in [6.07, 6.45) is 0. The van der Waals surface area contributed by atoms with Crippen molar-refractivity contribution in [2.24, 2.45) is 0 Å². The SMILES string of the molecule is Cc1cc(C#N)cc(-c2cc(-n3c4ccccc4c4ccc5sc6ccccc6c5c43)c(C#N)c(-n3c4ccccc4c4ccc5sc6ccccc6c5c43)c2)c1. The summed E-state index contributed by atoms with van der Waals surface area (Å²) in [7, 11) is 0. The van der Waals surface area contributed by atoms with Gasteiger partial charge < -0.3 is 9.13 Å². The molecule has 12 rings (SSSR count). The van der Waals surface area contributed by atoms with Crippen molar-refractivity contribution in [1.29, 1.82) is 10.5 Å². The molecule has 0 N–H and O–H groups in total. The van der Waals surface area contributed by atoms with Crippen LogP contribution in [-0.4, -0.2) is 9.13 Å². The molecule has 0 aliphatic carbocycles. The van der Waals surface area contributed by atoms with E-state index in [9.17, 15) is 10.5 Å². The van der Waals surface area contributed by atoms with E-state index in [1.807, 2.05) is 19.1 Å². The maximum absolute atomic E-state index is 11.6. The van der Waals surface area contributed by atoms with Crippen LogP contribution in [0.25, 0.3) is 106 Å². The Kier molecular flexibility index (Phi) is 6.69. The zero-order valence-electron chi connectivity index (χ0n) is 30.5. The molecule has 264 valence electrons. The van der Waals surface area contributed by atoms with Crippen LogP contribution in [0.15, 0.2) is 152 Å². The summed E-state index contributed by atoms with van der Waals surface area (Å²) in [5.74, 6) is 0. The molecule has 0 aliphatic heterocycles. The largest absolute Gasteiger partial charge is 0.307 e. The zero-order chi connectivity index (χ0) is 37.9. The first kappa shape index (κ1) is 32.1. The second-order valence-corrected chi connectivity index (χ2v) is 16.9. The van der Waals surface area contributed by atoms with Crippen molar-refractivity contribution < 1.29 is 0 Å². The van der Waals surface area contributed by atoms with Crippen LogP contribution in [0.2, 0.25) is 0 Å². The number of nitriles is 2. The molecule has 0 spiro atoms. The van der Waals surface area contributed by atoms with E-state index in [1.54, 1.807) is 22.7 Å². The van der Waals surface area contributed by atoms with Crippen LogP contribution < -0.4 is 0 Å². The van der Waals surface area contributed by atoms with Gasteiger partial charge in [0.2, 0.25) is 0 Å². The fraction of sp³-hybridized carbons (Fsp3) is 0.0196. The highest BCUT2D eigenvalue weighted by Crippen LogP contribution is 2.47. The number of rotatable bonds is 3. The Bertz CT molecular complexity index is 3590. The number of nitrogens with zero attached hydrogens (tertiary/aromatic N) is 4. The number of aromatic nitrogens is 2. The average molecular weight is 761 g/mol. The number of thiophene rings is 2. The fourth-order valence-electron chi connectivity index (χ4n) is 9.29. The maximum atomic E-state index is 11.6. The third-order valence-electron chi connectivity index (χ3n) is 11.6. The highest BCUT2D eigenvalue weighted by atomic mass is 32.1. The maximum Gasteiger partial charge on any atom is 0.104 e. The van der Waals surface area contributed by atoms with Crippen molar-refractivity contribution in [2.45, 2.75) is 6.92 Å². The van der Waals surface area contributed by atoms with Gasteiger partial charge in [0.1, 0.15) is 11.6 Å². The van der Waals surface area contributed by atoms with Gasteiger partial charge in [0.15, 0.2) is 0 Å². The topological polar surface area (TPSA) is 57.4 Å². The predicted molar refractivity (Wildman–Crippen MR) is 241 cm³/mol. The van der Waals surface area contributed by atoms with Crippen molar-refractivity contribution in [2.75, 3.05) is 0 Å². The first-order valence-electron chi connectivity index (χ1n) is 18.9. The second kappa shape index (κ2) is 11.9. The molecule has 0 saturated carbocycles. The van der Waals surface area contributed by atoms with Crippen LogP contribution in [-0.2, 0) is 0 Å². The van der Waals surface area contributed by atoms with Crippen molar-refractivity contribution in [3.05, 3.63) is 168 Å². The number of hydrogen-bond donors (Lipinski definition) is 0. The van der Waals surface area contributed by atoms with E-state index in [0.29, 0.717) is 11.1 Å². The molecule has 0 atom stereocenters. The molecule has 12 aromatic rings. The Morgan fingerprint density at radius 1 is 0.439 bits per heavy atom. The molecule has 8 aromatic carbocycles. The average Bonchev–Trinajstić information content (AvgIpc) is 4.00. The van der Waals surface area contributed by atoms with Crippen LogP contribution >= 0.6 is 22.7 Å². The zero-order valence-corrected chi connectivity index (χ0v) is 32.2. The van der Waals surface area contributed by atoms with E-state index in [2.05, 4.69) is 161 Å². The lowest BCUT2D eigenvalue weighted by molar-refractivity contribution is 1.12. The lowest BCUT2D eigenvalue weighted by Gasteiger charge is -2.19. The molecule has 4 aromatic heterocycles. The molecular weight excluding hydrogens is 733 g/mol. The first-order valence-corrected chi connectivity index (χ1v) is 20.5. The minimum absolute atomic E-state index is 0.574. The number of para-hydroxylation sites is 2. The minimum atomic E-state index is 0.574. The molecule has 4 nitrogen and oxygen atoms in total. The standard InChI is InChI=1S/C51H28N4S2/c1-29-22-30(27-52)24-31(23-29)32-25-42(54-40-14-6-2-10-33(40)35-18-20-46-48(50(35)54)37-12-4-8-16-44(37)56-46)39(28-53)43(26-32)55-41-15-7-3-11-34(41)36-19-21-47-49(51(36)55)38-13-5-9-17-45(38)57-47/h2-26H,1H3. The van der Waals surface area contributed by atoms with Gasteiger partial charge >= 0.3 is 0 Å². The van der Waals surface area contributed by atoms with E-state index in [4.69, 9.17) is 0 Å². The van der Waals surface area contributed by atoms with Crippen LogP contribution in [0.3, 0.4) is 0 Å². The van der Waals surface area contributed by atoms with Crippen LogP contribution in [0.4, 0.5) is 0 Å². The summed E-state index contributed by atoms with van der Waals surface area (Å²) < 4.78 is 9.54. The Morgan fingerprint density at radius 3 is 1.42 bits per heavy atom. The van der Waals surface area contributed by atoms with Gasteiger partial charge in [-0.05, 0) is 84.3 Å². The van der Waals surface area contributed by atoms with E-state index in [0.717, 1.165) is 71.7 Å². The normalized spacial score (nSPS) is 11.9. The highest BCUT2D eigenvalue weighted by molar-refractivity contribution is 7.26. The molecule has 0 aliphatic rings. The van der Waals surface area contributed by atoms with Crippen LogP contribution in [0.1, 0.15) is 16.7 Å². The molecule has 0 radical (unpaired) electrons. The Labute approximate surface area is 334 Å². The minimum Gasteiger partial charge on any atom is -0.307 e. The molecule has 57 heavy (non-hydrogen) atoms. The van der Waals surface area contributed by atoms with E-state index in [1.165, 1.54) is 40.3 Å². The fourth-order valence-corrected chi connectivity index (χ4v) is 11.5. The lowest BCUT2D eigenvalue weighted by atomic mass is 9.97. The number of hydrogen-bond acceptors (Lipinski definition) is 4. The van der Waals surface area contributed by atoms with Gasteiger partial charge in [-0.1, -0.05) is 91.0 Å². The van der Waals surface area contributed by atoms with Gasteiger partial charge in [-0.2, -0.15) is 10.5 Å². The third-order valence-corrected chi connectivity index (χ3v) is 13.9. The lowest BCUT2D eigenvalue weighted by Crippen LogP contribution is -2.05. The van der Waals surface area contributed by atoms with Gasteiger partial charge in [-0.15, -0.1) is 22.7 Å². The Hall–Kier alpha value is -7.22. The van der Waals surface area contributed by atoms with Gasteiger partial charge in [0.25, 0.3) is 0 Å². The molecule has 0 fully saturated rings. The Morgan fingerprint density at radius 2 is 0.912 bits per heavy atom. The summed E-state index contributed by atoms with van der Waals surface area (Å²) in [6.45, 7) is 2.03. The summed E-state index contributed by atoms with van der Waals surface area (Å²) in [5.41, 5.74) is 9.87. The van der Waals surface area contributed by atoms with Crippen molar-refractivity contribution >= 4 is 107 Å². The van der Waals surface area contributed by atoms with Gasteiger partial charge in [-0.25, -0.2) is 0 Å². The van der Waals surface area contributed by atoms with Crippen LogP contribution in [0.5, 0.6) is 0 Å². The number of fused-ring (bicyclic) bond motifs is 14. The van der Waals surface area contributed by atoms with E-state index >= 15 is 0 Å². The second-order valence-electron chi connectivity index (χ2n) is 14.8. The summed E-state index contributed by atoms with van der Waals surface area (Å²) in [4.78, 5) is 0. The van der Waals surface area contributed by atoms with E-state index < -0.39 is 0 Å². The van der Waals surface area contributed by atoms with Crippen molar-refractivity contribution in [3.8, 4) is 34.6 Å². The van der Waals surface area contributed by atoms with E-state index in [-0.39, 0.29) is 0 Å². The molecule has 0 bridgehead atoms. The number of aryl methyl sites for hydroxylation is 1. The first-order chi connectivity index (χ1) is 28.1. The quantitative estimate of drug-likeness (QED) is 0.180. The van der Waals surface area contributed by atoms with Gasteiger partial charge in [0, 0.05) is 61.9 Å². The van der Waals surface area contributed by atoms with Gasteiger partial charge in [0.05, 0.1) is 45.1 Å². The van der Waals surface area contributed by atoms with Gasteiger partial charge in [-0.3, -0.25) is 0 Å². The highest BCUT2D eigenvalue weighted by Gasteiger charge is 2.25. The molecule has 0 saturated heterocycles. The summed E-state index contributed by atoms with van der Waals surface area (Å²) >= 11 is 3.60. The molecule has 4 heterocycles. The molecule has 0 amide bonds. The third kappa shape index (κ3) is 4.46. The molecule has 6 heteroatoms. The van der Waals surface area contributed by atoms with Crippen molar-refractivity contribution in [3.63, 3.8) is 0 Å². The molecular formula is C51H28N4S2. The predicted octanol–water partition coefficient (Wildman–Crippen LogP) is 14.3. The summed E-state index contributed by atoms with van der Waals surface area (Å²) in [6, 6.07) is 58.9. The summed E-state index contributed by atoms with van der Waals surface area (Å²) in [5, 5.41) is 31.1. The van der Waals surface area contributed by atoms with Crippen LogP contribution in [0, 0.1) is 29.6 Å². The van der Waals surface area contributed by atoms with Crippen molar-refractivity contribution in [1.82, 2.24) is 9.13 Å². The smallest absolute Gasteiger partial charge is 0.104 e.